The lowest BCUT2D eigenvalue weighted by atomic mass is 10.0. The summed E-state index contributed by atoms with van der Waals surface area (Å²) in [6, 6.07) is 14.7. The minimum absolute atomic E-state index is 0.307. The van der Waals surface area contributed by atoms with Crippen molar-refractivity contribution in [3.05, 3.63) is 59.1 Å². The third-order valence-electron chi connectivity index (χ3n) is 2.98. The lowest BCUT2D eigenvalue weighted by Gasteiger charge is -2.14. The zero-order valence-corrected chi connectivity index (χ0v) is 14.5. The van der Waals surface area contributed by atoms with Crippen molar-refractivity contribution >= 4 is 45.8 Å². The highest BCUT2D eigenvalue weighted by Crippen LogP contribution is 2.38. The lowest BCUT2D eigenvalue weighted by Crippen LogP contribution is -2.10. The molecule has 2 aromatic rings. The molecule has 0 saturated heterocycles. The van der Waals surface area contributed by atoms with E-state index in [4.69, 9.17) is 11.6 Å². The molecule has 0 aliphatic heterocycles. The molecule has 0 aliphatic rings. The summed E-state index contributed by atoms with van der Waals surface area (Å²) in [4.78, 5) is 23.1. The van der Waals surface area contributed by atoms with Crippen molar-refractivity contribution in [2.24, 2.45) is 0 Å². The predicted molar refractivity (Wildman–Crippen MR) is 94.9 cm³/mol. The van der Waals surface area contributed by atoms with E-state index in [1.54, 1.807) is 18.2 Å². The van der Waals surface area contributed by atoms with Crippen LogP contribution in [-0.4, -0.2) is 22.6 Å². The first-order valence-corrected chi connectivity index (χ1v) is 8.51. The van der Waals surface area contributed by atoms with E-state index in [1.807, 2.05) is 30.3 Å². The number of halogens is 1. The summed E-state index contributed by atoms with van der Waals surface area (Å²) >= 11 is 7.51. The van der Waals surface area contributed by atoms with Crippen LogP contribution in [0, 0.1) is 0 Å². The average molecular weight is 369 g/mol. The minimum atomic E-state index is -1.13. The fraction of sp³-hybridized carbons (Fsp3) is 0.125. The average Bonchev–Trinajstić information content (AvgIpc) is 2.54. The van der Waals surface area contributed by atoms with Crippen molar-refractivity contribution in [2.75, 3.05) is 7.11 Å². The molecule has 0 fully saturated rings. The SMILES string of the molecule is COSC(=O)SC(C(=O)O)c1ccc(-c2ccccc2)cc1Cl. The van der Waals surface area contributed by atoms with Crippen LogP contribution in [0.15, 0.2) is 48.5 Å². The summed E-state index contributed by atoms with van der Waals surface area (Å²) in [5.74, 6) is -1.13. The molecule has 4 nitrogen and oxygen atoms in total. The van der Waals surface area contributed by atoms with Crippen LogP contribution in [-0.2, 0) is 8.98 Å². The van der Waals surface area contributed by atoms with E-state index in [0.717, 1.165) is 11.1 Å². The molecular weight excluding hydrogens is 356 g/mol. The van der Waals surface area contributed by atoms with Crippen LogP contribution in [0.2, 0.25) is 5.02 Å². The van der Waals surface area contributed by atoms with E-state index < -0.39 is 15.7 Å². The van der Waals surface area contributed by atoms with Gasteiger partial charge in [0.15, 0.2) is 0 Å². The number of carboxylic acid groups (broad SMARTS) is 1. The van der Waals surface area contributed by atoms with Gasteiger partial charge in [-0.25, -0.2) is 0 Å². The number of thioether (sulfide) groups is 1. The second-order valence-electron chi connectivity index (χ2n) is 4.44. The summed E-state index contributed by atoms with van der Waals surface area (Å²) in [5.41, 5.74) is 2.24. The molecule has 0 spiro atoms. The van der Waals surface area contributed by atoms with Crippen LogP contribution >= 0.6 is 35.4 Å². The van der Waals surface area contributed by atoms with Crippen molar-refractivity contribution in [3.8, 4) is 11.1 Å². The molecular formula is C16H13ClO4S2. The Balaban J connectivity index is 2.30. The smallest absolute Gasteiger partial charge is 0.321 e. The number of rotatable bonds is 5. The van der Waals surface area contributed by atoms with E-state index in [2.05, 4.69) is 4.18 Å². The third-order valence-corrected chi connectivity index (χ3v) is 4.99. The maximum Gasteiger partial charge on any atom is 0.321 e. The zero-order valence-electron chi connectivity index (χ0n) is 12.1. The van der Waals surface area contributed by atoms with Gasteiger partial charge in [-0.1, -0.05) is 65.8 Å². The Kier molecular flexibility index (Phi) is 6.53. The van der Waals surface area contributed by atoms with Crippen LogP contribution in [0.25, 0.3) is 11.1 Å². The molecule has 7 heteroatoms. The maximum absolute atomic E-state index is 11.6. The van der Waals surface area contributed by atoms with Crippen molar-refractivity contribution < 1.29 is 18.9 Å². The molecule has 2 aromatic carbocycles. The highest BCUT2D eigenvalue weighted by Gasteiger charge is 2.27. The van der Waals surface area contributed by atoms with Gasteiger partial charge in [-0.2, -0.15) is 0 Å². The Hall–Kier alpha value is -1.47. The van der Waals surface area contributed by atoms with Gasteiger partial charge in [0.05, 0.1) is 19.2 Å². The van der Waals surface area contributed by atoms with E-state index in [1.165, 1.54) is 7.11 Å². The number of carboxylic acids is 1. The van der Waals surface area contributed by atoms with E-state index in [0.29, 0.717) is 34.4 Å². The summed E-state index contributed by atoms with van der Waals surface area (Å²) in [6.45, 7) is 0. The van der Waals surface area contributed by atoms with Gasteiger partial charge in [-0.3, -0.25) is 9.59 Å². The monoisotopic (exact) mass is 368 g/mol. The number of hydrogen-bond donors (Lipinski definition) is 1. The fourth-order valence-electron chi connectivity index (χ4n) is 1.98. The minimum Gasteiger partial charge on any atom is -0.480 e. The normalized spacial score (nSPS) is 11.9. The van der Waals surface area contributed by atoms with Gasteiger partial charge in [0.1, 0.15) is 5.25 Å². The molecule has 1 unspecified atom stereocenters. The Labute approximate surface area is 147 Å². The first kappa shape index (κ1) is 17.9. The van der Waals surface area contributed by atoms with Gasteiger partial charge in [-0.05, 0) is 22.8 Å². The van der Waals surface area contributed by atoms with Crippen LogP contribution in [0.5, 0.6) is 0 Å². The molecule has 0 saturated carbocycles. The molecule has 0 bridgehead atoms. The highest BCUT2D eigenvalue weighted by atomic mass is 35.5. The molecule has 1 N–H and O–H groups in total. The van der Waals surface area contributed by atoms with Gasteiger partial charge in [0, 0.05) is 5.02 Å². The molecule has 2 rings (SSSR count). The van der Waals surface area contributed by atoms with Crippen molar-refractivity contribution in [1.29, 1.82) is 0 Å². The van der Waals surface area contributed by atoms with Crippen molar-refractivity contribution in [1.82, 2.24) is 0 Å². The molecule has 23 heavy (non-hydrogen) atoms. The summed E-state index contributed by atoms with van der Waals surface area (Å²) in [6.07, 6.45) is 0. The standard InChI is InChI=1S/C16H13ClO4S2/c1-21-23-16(20)22-14(15(18)19)12-8-7-11(9-13(12)17)10-5-3-2-4-6-10/h2-9,14H,1H3,(H,18,19). The molecule has 0 radical (unpaired) electrons. The molecule has 120 valence electrons. The molecule has 0 heterocycles. The Bertz CT molecular complexity index is 706. The van der Waals surface area contributed by atoms with Gasteiger partial charge in [0.25, 0.3) is 4.45 Å². The van der Waals surface area contributed by atoms with E-state index in [-0.39, 0.29) is 0 Å². The van der Waals surface area contributed by atoms with Crippen LogP contribution in [0.3, 0.4) is 0 Å². The molecule has 0 aliphatic carbocycles. The summed E-state index contributed by atoms with van der Waals surface area (Å²) in [7, 11) is 1.35. The second-order valence-corrected chi connectivity index (χ2v) is 7.05. The topological polar surface area (TPSA) is 63.6 Å². The number of carbonyl (C=O) groups excluding carboxylic acids is 1. The van der Waals surface area contributed by atoms with E-state index in [9.17, 15) is 14.7 Å². The van der Waals surface area contributed by atoms with Crippen molar-refractivity contribution in [3.63, 3.8) is 0 Å². The second kappa shape index (κ2) is 8.40. The first-order valence-electron chi connectivity index (χ1n) is 6.52. The largest absolute Gasteiger partial charge is 0.480 e. The number of benzene rings is 2. The van der Waals surface area contributed by atoms with Gasteiger partial charge in [-0.15, -0.1) is 0 Å². The quantitative estimate of drug-likeness (QED) is 0.724. The lowest BCUT2D eigenvalue weighted by molar-refractivity contribution is -0.136. The zero-order chi connectivity index (χ0) is 16.8. The van der Waals surface area contributed by atoms with Gasteiger partial charge in [0.2, 0.25) is 0 Å². The summed E-state index contributed by atoms with van der Waals surface area (Å²) in [5, 5.41) is 8.60. The molecule has 0 aromatic heterocycles. The number of hydrogen-bond acceptors (Lipinski definition) is 5. The van der Waals surface area contributed by atoms with E-state index >= 15 is 0 Å². The first-order chi connectivity index (χ1) is 11.0. The van der Waals surface area contributed by atoms with Crippen molar-refractivity contribution in [2.45, 2.75) is 5.25 Å². The Morgan fingerprint density at radius 3 is 2.39 bits per heavy atom. The number of carbonyl (C=O) groups is 2. The molecule has 1 atom stereocenters. The van der Waals surface area contributed by atoms with Crippen LogP contribution in [0.1, 0.15) is 10.8 Å². The Morgan fingerprint density at radius 1 is 1.13 bits per heavy atom. The molecule has 0 amide bonds. The van der Waals surface area contributed by atoms with Crippen LogP contribution < -0.4 is 0 Å². The van der Waals surface area contributed by atoms with Gasteiger partial charge < -0.3 is 9.29 Å². The third kappa shape index (κ3) is 4.75. The Morgan fingerprint density at radius 2 is 1.83 bits per heavy atom. The van der Waals surface area contributed by atoms with Gasteiger partial charge >= 0.3 is 5.97 Å². The number of aliphatic carboxylic acids is 1. The van der Waals surface area contributed by atoms with Crippen LogP contribution in [0.4, 0.5) is 4.79 Å². The highest BCUT2D eigenvalue weighted by molar-refractivity contribution is 8.37. The summed E-state index contributed by atoms with van der Waals surface area (Å²) < 4.78 is 4.21. The fourth-order valence-corrected chi connectivity index (χ4v) is 3.75. The maximum atomic E-state index is 11.6. The predicted octanol–water partition coefficient (Wildman–Crippen LogP) is 5.28.